The molecule has 2 aromatic heterocycles. The van der Waals surface area contributed by atoms with Crippen LogP contribution in [-0.4, -0.2) is 49.1 Å². The zero-order chi connectivity index (χ0) is 19.0. The monoisotopic (exact) mass is 388 g/mol. The first-order valence-electron chi connectivity index (χ1n) is 9.77. The molecule has 0 radical (unpaired) electrons. The predicted octanol–water partition coefficient (Wildman–Crippen LogP) is 2.57. The quantitative estimate of drug-likeness (QED) is 0.852. The van der Waals surface area contributed by atoms with Gasteiger partial charge in [-0.1, -0.05) is 18.3 Å². The molecule has 2 aliphatic rings. The number of hydrogen-bond acceptors (Lipinski definition) is 6. The minimum Gasteiger partial charge on any atom is -0.348 e. The lowest BCUT2D eigenvalue weighted by molar-refractivity contribution is 0.00376. The predicted molar refractivity (Wildman–Crippen MR) is 105 cm³/mol. The topological polar surface area (TPSA) is 75.9 Å². The van der Waals surface area contributed by atoms with Gasteiger partial charge in [-0.05, 0) is 61.6 Å². The van der Waals surface area contributed by atoms with E-state index in [-0.39, 0.29) is 17.9 Å². The lowest BCUT2D eigenvalue weighted by Gasteiger charge is -2.52. The maximum Gasteiger partial charge on any atom is 0.273 e. The van der Waals surface area contributed by atoms with Crippen LogP contribution in [0, 0.1) is 5.41 Å². The van der Waals surface area contributed by atoms with Gasteiger partial charge in [-0.2, -0.15) is 0 Å². The number of nitrogens with zero attached hydrogens (tertiary/aromatic N) is 5. The summed E-state index contributed by atoms with van der Waals surface area (Å²) in [6.07, 6.45) is 8.46. The third-order valence-corrected chi connectivity index (χ3v) is 7.17. The van der Waals surface area contributed by atoms with E-state index in [0.717, 1.165) is 43.2 Å². The molecule has 8 heteroatoms. The van der Waals surface area contributed by atoms with Crippen molar-refractivity contribution in [1.82, 2.24) is 29.4 Å². The Morgan fingerprint density at radius 1 is 1.37 bits per heavy atom. The number of carbonyl (C=O) groups excluding carboxylic acids is 1. The number of carbonyl (C=O) groups is 1. The number of imidazole rings is 1. The molecule has 0 bridgehead atoms. The lowest BCUT2D eigenvalue weighted by atomic mass is 9.60. The highest BCUT2D eigenvalue weighted by atomic mass is 32.1. The second-order valence-electron chi connectivity index (χ2n) is 8.45. The van der Waals surface area contributed by atoms with Gasteiger partial charge in [-0.15, -0.1) is 5.10 Å². The summed E-state index contributed by atoms with van der Waals surface area (Å²) >= 11 is 1.33. The normalized spacial score (nSPS) is 20.1. The molecule has 0 atom stereocenters. The molecule has 1 N–H and O–H groups in total. The van der Waals surface area contributed by atoms with Crippen LogP contribution in [0.4, 0.5) is 0 Å². The second kappa shape index (κ2) is 7.31. The fraction of sp³-hybridized carbons (Fsp3) is 0.684. The summed E-state index contributed by atoms with van der Waals surface area (Å²) < 4.78 is 6.06. The molecule has 4 rings (SSSR count). The Bertz CT molecular complexity index is 797. The molecule has 146 valence electrons. The Balaban J connectivity index is 1.25. The fourth-order valence-electron chi connectivity index (χ4n) is 4.42. The van der Waals surface area contributed by atoms with Crippen LogP contribution in [0.1, 0.15) is 66.6 Å². The van der Waals surface area contributed by atoms with Gasteiger partial charge in [0, 0.05) is 25.5 Å². The van der Waals surface area contributed by atoms with Crippen molar-refractivity contribution in [3.8, 4) is 0 Å². The van der Waals surface area contributed by atoms with Crippen molar-refractivity contribution in [3.63, 3.8) is 0 Å². The number of aromatic nitrogens is 4. The number of amides is 1. The summed E-state index contributed by atoms with van der Waals surface area (Å²) in [6.45, 7) is 7.29. The van der Waals surface area contributed by atoms with Gasteiger partial charge in [0.05, 0.1) is 11.4 Å². The zero-order valence-corrected chi connectivity index (χ0v) is 17.1. The van der Waals surface area contributed by atoms with Crippen LogP contribution >= 0.6 is 11.5 Å². The summed E-state index contributed by atoms with van der Waals surface area (Å²) in [5.41, 5.74) is 0.929. The van der Waals surface area contributed by atoms with Crippen molar-refractivity contribution in [3.05, 3.63) is 28.8 Å². The van der Waals surface area contributed by atoms with E-state index in [9.17, 15) is 4.79 Å². The standard InChI is InChI=1S/C19H28N6OS/c1-13(2)17-16(22-23-27-17)18(26)21-14-10-19(11-14)4-7-25(8-5-19)12-15-20-6-9-24(15)3/h6,9,13-14H,4-5,7-8,10-12H2,1-3H3,(H,21,26). The Morgan fingerprint density at radius 2 is 2.11 bits per heavy atom. The van der Waals surface area contributed by atoms with Crippen LogP contribution in [0.5, 0.6) is 0 Å². The Hall–Kier alpha value is -1.80. The highest BCUT2D eigenvalue weighted by Crippen LogP contribution is 2.49. The van der Waals surface area contributed by atoms with Gasteiger partial charge < -0.3 is 9.88 Å². The molecule has 0 unspecified atom stereocenters. The molecule has 27 heavy (non-hydrogen) atoms. The molecular weight excluding hydrogens is 360 g/mol. The van der Waals surface area contributed by atoms with E-state index in [1.54, 1.807) is 0 Å². The number of hydrogen-bond donors (Lipinski definition) is 1. The summed E-state index contributed by atoms with van der Waals surface area (Å²) in [7, 11) is 2.05. The van der Waals surface area contributed by atoms with Gasteiger partial charge >= 0.3 is 0 Å². The summed E-state index contributed by atoms with van der Waals surface area (Å²) in [5, 5.41) is 7.23. The maximum atomic E-state index is 12.5. The van der Waals surface area contributed by atoms with Crippen LogP contribution in [0.2, 0.25) is 0 Å². The van der Waals surface area contributed by atoms with Gasteiger partial charge in [0.2, 0.25) is 0 Å². The van der Waals surface area contributed by atoms with E-state index < -0.39 is 0 Å². The van der Waals surface area contributed by atoms with Crippen LogP contribution in [0.15, 0.2) is 12.4 Å². The Labute approximate surface area is 164 Å². The molecule has 1 saturated carbocycles. The number of piperidine rings is 1. The first-order valence-corrected chi connectivity index (χ1v) is 10.5. The molecule has 1 amide bonds. The Kier molecular flexibility index (Phi) is 5.03. The molecule has 2 aromatic rings. The smallest absolute Gasteiger partial charge is 0.273 e. The minimum atomic E-state index is -0.0560. The molecular formula is C19H28N6OS. The van der Waals surface area contributed by atoms with Crippen molar-refractivity contribution >= 4 is 17.4 Å². The fourth-order valence-corrected chi connectivity index (χ4v) is 5.06. The van der Waals surface area contributed by atoms with Crippen molar-refractivity contribution in [1.29, 1.82) is 0 Å². The van der Waals surface area contributed by atoms with Gasteiger partial charge in [-0.3, -0.25) is 9.69 Å². The summed E-state index contributed by atoms with van der Waals surface area (Å²) in [5.74, 6) is 1.35. The number of aryl methyl sites for hydroxylation is 1. The van der Waals surface area contributed by atoms with Crippen molar-refractivity contribution in [2.24, 2.45) is 12.5 Å². The lowest BCUT2D eigenvalue weighted by Crippen LogP contribution is -2.55. The average Bonchev–Trinajstić information content (AvgIpc) is 3.25. The van der Waals surface area contributed by atoms with Crippen LogP contribution in [-0.2, 0) is 13.6 Å². The molecule has 0 aromatic carbocycles. The van der Waals surface area contributed by atoms with Crippen molar-refractivity contribution < 1.29 is 4.79 Å². The average molecular weight is 389 g/mol. The third-order valence-electron chi connectivity index (χ3n) is 6.15. The molecule has 1 aliphatic heterocycles. The van der Waals surface area contributed by atoms with Gasteiger partial charge in [0.25, 0.3) is 5.91 Å². The van der Waals surface area contributed by atoms with E-state index in [1.807, 2.05) is 12.4 Å². The third kappa shape index (κ3) is 3.78. The molecule has 1 saturated heterocycles. The molecule has 3 heterocycles. The maximum absolute atomic E-state index is 12.5. The van der Waals surface area contributed by atoms with Crippen molar-refractivity contribution in [2.45, 2.75) is 58.0 Å². The van der Waals surface area contributed by atoms with E-state index >= 15 is 0 Å². The number of rotatable bonds is 5. The van der Waals surface area contributed by atoms with E-state index in [2.05, 4.69) is 50.2 Å². The first kappa shape index (κ1) is 18.6. The van der Waals surface area contributed by atoms with Gasteiger partial charge in [0.1, 0.15) is 5.82 Å². The molecule has 2 fully saturated rings. The minimum absolute atomic E-state index is 0.0560. The highest BCUT2D eigenvalue weighted by molar-refractivity contribution is 7.05. The van der Waals surface area contributed by atoms with E-state index in [0.29, 0.717) is 11.1 Å². The summed E-state index contributed by atoms with van der Waals surface area (Å²) in [4.78, 5) is 20.4. The van der Waals surface area contributed by atoms with Crippen LogP contribution in [0.3, 0.4) is 0 Å². The molecule has 1 aliphatic carbocycles. The number of nitrogens with one attached hydrogen (secondary N) is 1. The molecule has 1 spiro atoms. The largest absolute Gasteiger partial charge is 0.348 e. The summed E-state index contributed by atoms with van der Waals surface area (Å²) in [6, 6.07) is 0.278. The number of likely N-dealkylation sites (tertiary alicyclic amines) is 1. The highest BCUT2D eigenvalue weighted by Gasteiger charge is 2.46. The van der Waals surface area contributed by atoms with Gasteiger partial charge in [0.15, 0.2) is 5.69 Å². The SMILES string of the molecule is CC(C)c1snnc1C(=O)NC1CC2(CCN(Cc3nccn3C)CC2)C1. The van der Waals surface area contributed by atoms with Crippen LogP contribution in [0.25, 0.3) is 0 Å². The van der Waals surface area contributed by atoms with Crippen LogP contribution < -0.4 is 5.32 Å². The zero-order valence-electron chi connectivity index (χ0n) is 16.3. The van der Waals surface area contributed by atoms with Crippen molar-refractivity contribution in [2.75, 3.05) is 13.1 Å². The van der Waals surface area contributed by atoms with Gasteiger partial charge in [-0.25, -0.2) is 4.98 Å². The van der Waals surface area contributed by atoms with E-state index in [4.69, 9.17) is 0 Å². The Morgan fingerprint density at radius 3 is 2.74 bits per heavy atom. The molecule has 7 nitrogen and oxygen atoms in total. The first-order chi connectivity index (χ1) is 13.0. The second-order valence-corrected chi connectivity index (χ2v) is 9.24. The van der Waals surface area contributed by atoms with E-state index in [1.165, 1.54) is 24.4 Å².